The summed E-state index contributed by atoms with van der Waals surface area (Å²) < 4.78 is 0. The van der Waals surface area contributed by atoms with Gasteiger partial charge in [-0.25, -0.2) is 9.78 Å². The highest BCUT2D eigenvalue weighted by atomic mass is 35.5. The van der Waals surface area contributed by atoms with Crippen molar-refractivity contribution < 1.29 is 4.79 Å². The number of fused-ring (bicyclic) bond motifs is 1. The molecular formula is C7H4Cl2N4O2. The first-order chi connectivity index (χ1) is 7.00. The van der Waals surface area contributed by atoms with Crippen molar-refractivity contribution in [3.05, 3.63) is 26.4 Å². The Morgan fingerprint density at radius 2 is 1.80 bits per heavy atom. The van der Waals surface area contributed by atoms with E-state index in [-0.39, 0.29) is 26.9 Å². The van der Waals surface area contributed by atoms with Crippen LogP contribution in [0.4, 0.5) is 0 Å². The average Bonchev–Trinajstić information content (AvgIpc) is 2.45. The molecule has 2 rings (SSSR count). The highest BCUT2D eigenvalue weighted by molar-refractivity contribution is 6.38. The van der Waals surface area contributed by atoms with Gasteiger partial charge in [0.2, 0.25) is 0 Å². The first-order valence-electron chi connectivity index (χ1n) is 3.77. The molecule has 78 valence electrons. The Balaban J connectivity index is 3.01. The minimum Gasteiger partial charge on any atom is -0.365 e. The molecule has 4 N–H and O–H groups in total. The Kier molecular flexibility index (Phi) is 2.17. The summed E-state index contributed by atoms with van der Waals surface area (Å²) in [5, 5.41) is -0.145. The monoisotopic (exact) mass is 246 g/mol. The van der Waals surface area contributed by atoms with Gasteiger partial charge in [-0.3, -0.25) is 4.79 Å². The van der Waals surface area contributed by atoms with E-state index in [9.17, 15) is 9.59 Å². The number of carbonyl (C=O) groups is 1. The van der Waals surface area contributed by atoms with Crippen molar-refractivity contribution in [2.45, 2.75) is 0 Å². The summed E-state index contributed by atoms with van der Waals surface area (Å²) in [5.41, 5.74) is 4.89. The third-order valence-electron chi connectivity index (χ3n) is 1.83. The maximum atomic E-state index is 11.1. The van der Waals surface area contributed by atoms with Crippen LogP contribution in [0.2, 0.25) is 10.3 Å². The molecule has 0 aromatic carbocycles. The summed E-state index contributed by atoms with van der Waals surface area (Å²) in [4.78, 5) is 30.5. The second kappa shape index (κ2) is 3.25. The fourth-order valence-corrected chi connectivity index (χ4v) is 1.79. The highest BCUT2D eigenvalue weighted by Gasteiger charge is 2.18. The molecular weight excluding hydrogens is 243 g/mol. The van der Waals surface area contributed by atoms with Crippen LogP contribution >= 0.6 is 23.2 Å². The van der Waals surface area contributed by atoms with Crippen LogP contribution in [0.1, 0.15) is 10.4 Å². The van der Waals surface area contributed by atoms with Gasteiger partial charge in [0, 0.05) is 0 Å². The lowest BCUT2D eigenvalue weighted by Gasteiger charge is -2.01. The second-order valence-electron chi connectivity index (χ2n) is 2.76. The van der Waals surface area contributed by atoms with Crippen LogP contribution in [-0.4, -0.2) is 20.9 Å². The predicted octanol–water partition coefficient (Wildman–Crippen LogP) is 0.657. The van der Waals surface area contributed by atoms with E-state index in [4.69, 9.17) is 28.9 Å². The van der Waals surface area contributed by atoms with Crippen LogP contribution in [0.5, 0.6) is 0 Å². The molecule has 2 aromatic heterocycles. The van der Waals surface area contributed by atoms with Crippen LogP contribution in [0, 0.1) is 0 Å². The number of rotatable bonds is 1. The molecule has 15 heavy (non-hydrogen) atoms. The molecule has 6 nitrogen and oxygen atoms in total. The number of hydrogen-bond acceptors (Lipinski definition) is 3. The zero-order valence-corrected chi connectivity index (χ0v) is 8.61. The third kappa shape index (κ3) is 1.47. The largest absolute Gasteiger partial charge is 0.365 e. The van der Waals surface area contributed by atoms with E-state index in [1.54, 1.807) is 0 Å². The number of imidazole rings is 1. The maximum Gasteiger partial charge on any atom is 0.323 e. The molecule has 0 aliphatic rings. The third-order valence-corrected chi connectivity index (χ3v) is 2.38. The van der Waals surface area contributed by atoms with Crippen molar-refractivity contribution >= 4 is 40.1 Å². The summed E-state index contributed by atoms with van der Waals surface area (Å²) in [7, 11) is 0. The number of H-pyrrole nitrogens is 2. The molecule has 0 spiro atoms. The van der Waals surface area contributed by atoms with E-state index in [0.29, 0.717) is 0 Å². The lowest BCUT2D eigenvalue weighted by Crippen LogP contribution is -2.13. The van der Waals surface area contributed by atoms with Crippen LogP contribution in [0.15, 0.2) is 4.79 Å². The molecule has 0 aliphatic carbocycles. The average molecular weight is 247 g/mol. The van der Waals surface area contributed by atoms with Crippen molar-refractivity contribution in [1.82, 2.24) is 15.0 Å². The minimum atomic E-state index is -0.788. The van der Waals surface area contributed by atoms with Gasteiger partial charge in [0.25, 0.3) is 5.91 Å². The summed E-state index contributed by atoms with van der Waals surface area (Å²) >= 11 is 11.4. The lowest BCUT2D eigenvalue weighted by molar-refractivity contribution is 0.100. The number of pyridine rings is 1. The van der Waals surface area contributed by atoms with Gasteiger partial charge < -0.3 is 15.7 Å². The van der Waals surface area contributed by atoms with E-state index in [2.05, 4.69) is 15.0 Å². The molecule has 2 aromatic rings. The fourth-order valence-electron chi connectivity index (χ4n) is 1.25. The Hall–Kier alpha value is -1.53. The molecule has 0 atom stereocenters. The number of amides is 1. The number of primary amides is 1. The number of nitrogens with one attached hydrogen (secondary N) is 2. The molecule has 0 bridgehead atoms. The Morgan fingerprint density at radius 1 is 1.20 bits per heavy atom. The highest BCUT2D eigenvalue weighted by Crippen LogP contribution is 2.25. The number of aromatic nitrogens is 3. The number of halogens is 2. The molecule has 0 radical (unpaired) electrons. The Bertz CT molecular complexity index is 615. The van der Waals surface area contributed by atoms with E-state index in [0.717, 1.165) is 0 Å². The zero-order valence-electron chi connectivity index (χ0n) is 7.10. The molecule has 0 aliphatic heterocycles. The SMILES string of the molecule is NC(=O)c1c(Cl)nc(Cl)c2[nH]c(=O)[nH]c12. The molecule has 2 heterocycles. The quantitative estimate of drug-likeness (QED) is 0.644. The number of hydrogen-bond donors (Lipinski definition) is 3. The van der Waals surface area contributed by atoms with Crippen molar-refractivity contribution in [3.63, 3.8) is 0 Å². The van der Waals surface area contributed by atoms with Crippen molar-refractivity contribution in [2.75, 3.05) is 0 Å². The van der Waals surface area contributed by atoms with Gasteiger partial charge in [-0.1, -0.05) is 23.2 Å². The maximum absolute atomic E-state index is 11.1. The van der Waals surface area contributed by atoms with Crippen LogP contribution in [-0.2, 0) is 0 Å². The fraction of sp³-hybridized carbons (Fsp3) is 0. The normalized spacial score (nSPS) is 10.8. The standard InChI is InChI=1S/C7H4Cl2N4O2/c8-4-1(6(10)14)2-3(5(9)13-4)12-7(15)11-2/h(H2,10,14)(H2,11,12,15). The van der Waals surface area contributed by atoms with E-state index in [1.165, 1.54) is 0 Å². The van der Waals surface area contributed by atoms with Gasteiger partial charge in [-0.2, -0.15) is 0 Å². The van der Waals surface area contributed by atoms with Crippen molar-refractivity contribution in [1.29, 1.82) is 0 Å². The summed E-state index contributed by atoms with van der Waals surface area (Å²) in [6.07, 6.45) is 0. The predicted molar refractivity (Wildman–Crippen MR) is 55.3 cm³/mol. The minimum absolute atomic E-state index is 0.00153. The molecule has 0 saturated carbocycles. The smallest absolute Gasteiger partial charge is 0.323 e. The van der Waals surface area contributed by atoms with Crippen LogP contribution < -0.4 is 11.4 Å². The van der Waals surface area contributed by atoms with Gasteiger partial charge in [-0.15, -0.1) is 0 Å². The van der Waals surface area contributed by atoms with Crippen LogP contribution in [0.3, 0.4) is 0 Å². The van der Waals surface area contributed by atoms with Gasteiger partial charge >= 0.3 is 5.69 Å². The molecule has 1 amide bonds. The summed E-state index contributed by atoms with van der Waals surface area (Å²) in [6, 6.07) is 0. The summed E-state index contributed by atoms with van der Waals surface area (Å²) in [6.45, 7) is 0. The van der Waals surface area contributed by atoms with E-state index in [1.807, 2.05) is 0 Å². The van der Waals surface area contributed by atoms with Gasteiger partial charge in [0.1, 0.15) is 16.2 Å². The number of nitrogens with two attached hydrogens (primary N) is 1. The van der Waals surface area contributed by atoms with Crippen molar-refractivity contribution in [3.8, 4) is 0 Å². The van der Waals surface area contributed by atoms with Gasteiger partial charge in [0.05, 0.1) is 5.52 Å². The Morgan fingerprint density at radius 3 is 2.40 bits per heavy atom. The molecule has 8 heteroatoms. The first kappa shape index (κ1) is 10.0. The van der Waals surface area contributed by atoms with Gasteiger partial charge in [-0.05, 0) is 0 Å². The molecule has 0 unspecified atom stereocenters. The molecule has 0 saturated heterocycles. The number of nitrogens with zero attached hydrogens (tertiary/aromatic N) is 1. The van der Waals surface area contributed by atoms with E-state index < -0.39 is 11.6 Å². The number of carbonyl (C=O) groups excluding carboxylic acids is 1. The second-order valence-corrected chi connectivity index (χ2v) is 3.48. The van der Waals surface area contributed by atoms with Gasteiger partial charge in [0.15, 0.2) is 5.15 Å². The zero-order chi connectivity index (χ0) is 11.2. The number of aromatic amines is 2. The molecule has 0 fully saturated rings. The Labute approximate surface area is 92.4 Å². The topological polar surface area (TPSA) is 105 Å². The lowest BCUT2D eigenvalue weighted by atomic mass is 10.2. The summed E-state index contributed by atoms with van der Waals surface area (Å²) in [5.74, 6) is -0.788. The van der Waals surface area contributed by atoms with Crippen molar-refractivity contribution in [2.24, 2.45) is 5.73 Å². The van der Waals surface area contributed by atoms with Crippen LogP contribution in [0.25, 0.3) is 11.0 Å². The van der Waals surface area contributed by atoms with E-state index >= 15 is 0 Å². The first-order valence-corrected chi connectivity index (χ1v) is 4.53.